The molecule has 0 aliphatic carbocycles. The van der Waals surface area contributed by atoms with Gasteiger partial charge in [-0.05, 0) is 84.3 Å². The van der Waals surface area contributed by atoms with Crippen LogP contribution in [0.15, 0.2) is 109 Å². The van der Waals surface area contributed by atoms with Crippen molar-refractivity contribution >= 4 is 11.8 Å². The maximum absolute atomic E-state index is 12.7. The molecule has 0 spiro atoms. The van der Waals surface area contributed by atoms with Crippen molar-refractivity contribution in [2.75, 3.05) is 13.1 Å². The van der Waals surface area contributed by atoms with Crippen molar-refractivity contribution in [2.45, 2.75) is 45.2 Å². The summed E-state index contributed by atoms with van der Waals surface area (Å²) in [5, 5.41) is 0. The molecule has 4 aromatic rings. The summed E-state index contributed by atoms with van der Waals surface area (Å²) in [6.45, 7) is 2.88. The van der Waals surface area contributed by atoms with Crippen molar-refractivity contribution < 1.29 is 19.1 Å². The van der Waals surface area contributed by atoms with E-state index in [1.165, 1.54) is 0 Å². The van der Waals surface area contributed by atoms with Crippen molar-refractivity contribution in [3.63, 3.8) is 0 Å². The normalized spacial score (nSPS) is 18.3. The molecule has 0 bridgehead atoms. The van der Waals surface area contributed by atoms with Crippen molar-refractivity contribution in [1.29, 1.82) is 0 Å². The summed E-state index contributed by atoms with van der Waals surface area (Å²) in [4.78, 5) is 29.4. The number of ether oxygens (including phenoxy) is 2. The van der Waals surface area contributed by atoms with Gasteiger partial charge in [-0.2, -0.15) is 0 Å². The van der Waals surface area contributed by atoms with Gasteiger partial charge in [0.1, 0.15) is 23.0 Å². The Morgan fingerprint density at radius 2 is 0.884 bits per heavy atom. The second kappa shape index (κ2) is 13.6. The Balaban J connectivity index is 0.909. The van der Waals surface area contributed by atoms with E-state index in [2.05, 4.69) is 0 Å². The molecular formula is C37H38N2O4. The summed E-state index contributed by atoms with van der Waals surface area (Å²) in [5.74, 6) is 4.43. The Morgan fingerprint density at radius 3 is 1.28 bits per heavy atom. The van der Waals surface area contributed by atoms with Crippen LogP contribution in [0.1, 0.15) is 43.2 Å². The predicted octanol–water partition coefficient (Wildman–Crippen LogP) is 7.84. The smallest absolute Gasteiger partial charge is 0.223 e. The first-order valence-corrected chi connectivity index (χ1v) is 15.3. The van der Waals surface area contributed by atoms with Gasteiger partial charge in [-0.25, -0.2) is 0 Å². The van der Waals surface area contributed by atoms with Crippen LogP contribution in [0, 0.1) is 11.8 Å². The van der Waals surface area contributed by atoms with Crippen LogP contribution in [0.25, 0.3) is 0 Å². The molecule has 2 amide bonds. The molecule has 6 heteroatoms. The van der Waals surface area contributed by atoms with Crippen molar-refractivity contribution in [1.82, 2.24) is 9.80 Å². The fourth-order valence-corrected chi connectivity index (χ4v) is 6.11. The third-order valence-corrected chi connectivity index (χ3v) is 8.37. The first-order chi connectivity index (χ1) is 21.1. The van der Waals surface area contributed by atoms with Crippen molar-refractivity contribution in [2.24, 2.45) is 11.8 Å². The Kier molecular flexibility index (Phi) is 9.02. The zero-order chi connectivity index (χ0) is 29.4. The van der Waals surface area contributed by atoms with Gasteiger partial charge in [-0.3, -0.25) is 9.59 Å². The largest absolute Gasteiger partial charge is 0.457 e. The lowest BCUT2D eigenvalue weighted by atomic mass is 9.95. The number of nitrogens with zero attached hydrogens (tertiary/aromatic N) is 2. The van der Waals surface area contributed by atoms with Crippen molar-refractivity contribution in [3.05, 3.63) is 120 Å². The number of carbonyl (C=O) groups excluding carboxylic acids is 2. The third-order valence-electron chi connectivity index (χ3n) is 8.37. The lowest BCUT2D eigenvalue weighted by Gasteiger charge is -2.18. The van der Waals surface area contributed by atoms with Gasteiger partial charge in [0.05, 0.1) is 0 Å². The van der Waals surface area contributed by atoms with Crippen LogP contribution >= 0.6 is 0 Å². The van der Waals surface area contributed by atoms with Gasteiger partial charge in [0.2, 0.25) is 11.8 Å². The SMILES string of the molecule is O=C1CC(CCCC2CC(=O)N(Cc3ccc(Oc4ccccc4)cc3)C2)CN1Cc1ccc(Oc2ccccc2)cc1. The molecule has 43 heavy (non-hydrogen) atoms. The van der Waals surface area contributed by atoms with Gasteiger partial charge < -0.3 is 19.3 Å². The summed E-state index contributed by atoms with van der Waals surface area (Å²) < 4.78 is 11.8. The van der Waals surface area contributed by atoms with Gasteiger partial charge in [-0.15, -0.1) is 0 Å². The van der Waals surface area contributed by atoms with Crippen LogP contribution in [0.2, 0.25) is 0 Å². The molecule has 0 aromatic heterocycles. The van der Waals surface area contributed by atoms with Gasteiger partial charge in [-0.1, -0.05) is 67.1 Å². The highest BCUT2D eigenvalue weighted by molar-refractivity contribution is 5.79. The summed E-state index contributed by atoms with van der Waals surface area (Å²) in [6, 6.07) is 35.4. The second-order valence-corrected chi connectivity index (χ2v) is 11.7. The van der Waals surface area contributed by atoms with Crippen LogP contribution in [0.4, 0.5) is 0 Å². The minimum absolute atomic E-state index is 0.233. The third kappa shape index (κ3) is 7.83. The van der Waals surface area contributed by atoms with Gasteiger partial charge >= 0.3 is 0 Å². The van der Waals surface area contributed by atoms with E-state index < -0.39 is 0 Å². The molecule has 6 nitrogen and oxygen atoms in total. The number of hydrogen-bond acceptors (Lipinski definition) is 4. The maximum Gasteiger partial charge on any atom is 0.223 e. The molecule has 4 aromatic carbocycles. The highest BCUT2D eigenvalue weighted by atomic mass is 16.5. The average molecular weight is 575 g/mol. The maximum atomic E-state index is 12.7. The van der Waals surface area contributed by atoms with E-state index in [0.717, 1.165) is 66.5 Å². The molecule has 220 valence electrons. The van der Waals surface area contributed by atoms with Crippen LogP contribution in [-0.2, 0) is 22.7 Å². The molecule has 6 rings (SSSR count). The van der Waals surface area contributed by atoms with Crippen LogP contribution in [0.3, 0.4) is 0 Å². The quantitative estimate of drug-likeness (QED) is 0.173. The van der Waals surface area contributed by atoms with E-state index in [-0.39, 0.29) is 11.8 Å². The highest BCUT2D eigenvalue weighted by Gasteiger charge is 2.31. The van der Waals surface area contributed by atoms with E-state index in [1.807, 2.05) is 119 Å². The molecule has 2 aliphatic heterocycles. The molecule has 0 saturated carbocycles. The van der Waals surface area contributed by atoms with E-state index in [9.17, 15) is 9.59 Å². The highest BCUT2D eigenvalue weighted by Crippen LogP contribution is 2.30. The standard InChI is InChI=1S/C37H38N2O4/c40-36-22-30(26-38(36)24-28-14-18-34(19-15-28)42-32-10-3-1-4-11-32)8-7-9-31-23-37(41)39(27-31)25-29-16-20-35(21-17-29)43-33-12-5-2-6-13-33/h1-6,10-21,30-31H,7-9,22-27H2. The second-order valence-electron chi connectivity index (χ2n) is 11.7. The van der Waals surface area contributed by atoms with Gasteiger partial charge in [0.25, 0.3) is 0 Å². The van der Waals surface area contributed by atoms with E-state index in [0.29, 0.717) is 37.8 Å². The Labute approximate surface area is 253 Å². The van der Waals surface area contributed by atoms with Crippen LogP contribution in [-0.4, -0.2) is 34.7 Å². The Morgan fingerprint density at radius 1 is 0.512 bits per heavy atom. The monoisotopic (exact) mass is 574 g/mol. The Bertz CT molecular complexity index is 1370. The number of likely N-dealkylation sites (tertiary alicyclic amines) is 2. The molecule has 0 N–H and O–H groups in total. The van der Waals surface area contributed by atoms with E-state index in [4.69, 9.17) is 9.47 Å². The van der Waals surface area contributed by atoms with Gasteiger partial charge in [0.15, 0.2) is 0 Å². The van der Waals surface area contributed by atoms with Gasteiger partial charge in [0, 0.05) is 39.0 Å². The molecule has 2 saturated heterocycles. The minimum atomic E-state index is 0.233. The number of benzene rings is 4. The zero-order valence-corrected chi connectivity index (χ0v) is 24.4. The lowest BCUT2D eigenvalue weighted by molar-refractivity contribution is -0.129. The molecule has 2 aliphatic rings. The molecule has 2 heterocycles. The average Bonchev–Trinajstić information content (AvgIpc) is 3.56. The molecule has 0 radical (unpaired) electrons. The fourth-order valence-electron chi connectivity index (χ4n) is 6.11. The lowest BCUT2D eigenvalue weighted by Crippen LogP contribution is -2.24. The predicted molar refractivity (Wildman–Crippen MR) is 167 cm³/mol. The zero-order valence-electron chi connectivity index (χ0n) is 24.4. The van der Waals surface area contributed by atoms with E-state index in [1.54, 1.807) is 0 Å². The number of rotatable bonds is 12. The molecule has 2 fully saturated rings. The molecule has 2 unspecified atom stereocenters. The van der Waals surface area contributed by atoms with Crippen LogP contribution < -0.4 is 9.47 Å². The number of para-hydroxylation sites is 2. The van der Waals surface area contributed by atoms with E-state index >= 15 is 0 Å². The van der Waals surface area contributed by atoms with Crippen molar-refractivity contribution in [3.8, 4) is 23.0 Å². The number of hydrogen-bond donors (Lipinski definition) is 0. The van der Waals surface area contributed by atoms with Crippen LogP contribution in [0.5, 0.6) is 23.0 Å². The first-order valence-electron chi connectivity index (χ1n) is 15.3. The fraction of sp³-hybridized carbons (Fsp3) is 0.297. The summed E-state index contributed by atoms with van der Waals surface area (Å²) >= 11 is 0. The number of carbonyl (C=O) groups is 2. The molecular weight excluding hydrogens is 536 g/mol. The minimum Gasteiger partial charge on any atom is -0.457 e. The molecule has 2 atom stereocenters. The summed E-state index contributed by atoms with van der Waals surface area (Å²) in [7, 11) is 0. The topological polar surface area (TPSA) is 59.1 Å². The summed E-state index contributed by atoms with van der Waals surface area (Å²) in [6.07, 6.45) is 4.34. The number of amides is 2. The first kappa shape index (κ1) is 28.5. The summed E-state index contributed by atoms with van der Waals surface area (Å²) in [5.41, 5.74) is 2.22. The Hall–Kier alpha value is -4.58.